The van der Waals surface area contributed by atoms with Crippen LogP contribution in [-0.4, -0.2) is 17.5 Å². The Morgan fingerprint density at radius 2 is 2.04 bits per heavy atom. The third-order valence-corrected chi connectivity index (χ3v) is 5.66. The largest absolute Gasteiger partial charge is 0.495 e. The summed E-state index contributed by atoms with van der Waals surface area (Å²) in [5, 5.41) is 0.625. The number of aromatic nitrogens is 1. The molecule has 4 heteroatoms. The van der Waals surface area contributed by atoms with Crippen LogP contribution in [0.1, 0.15) is 54.6 Å². The van der Waals surface area contributed by atoms with Crippen LogP contribution in [-0.2, 0) is 0 Å². The molecular weight excluding hydrogens is 310 g/mol. The van der Waals surface area contributed by atoms with Gasteiger partial charge in [0.05, 0.1) is 17.8 Å². The van der Waals surface area contributed by atoms with E-state index in [0.717, 1.165) is 29.7 Å². The van der Waals surface area contributed by atoms with Crippen LogP contribution in [0.25, 0.3) is 11.3 Å². The van der Waals surface area contributed by atoms with E-state index >= 15 is 0 Å². The minimum Gasteiger partial charge on any atom is -0.495 e. The van der Waals surface area contributed by atoms with Crippen molar-refractivity contribution >= 4 is 17.4 Å². The third-order valence-electron chi connectivity index (χ3n) is 5.36. The van der Waals surface area contributed by atoms with Gasteiger partial charge in [-0.3, -0.25) is 4.79 Å². The lowest BCUT2D eigenvalue weighted by Crippen LogP contribution is -2.20. The number of halogens is 1. The van der Waals surface area contributed by atoms with Crippen LogP contribution in [0, 0.1) is 5.92 Å². The molecule has 2 aliphatic rings. The number of hydrogen-bond acceptors (Lipinski definition) is 2. The predicted molar refractivity (Wildman–Crippen MR) is 91.6 cm³/mol. The van der Waals surface area contributed by atoms with E-state index in [4.69, 9.17) is 16.3 Å². The van der Waals surface area contributed by atoms with Crippen molar-refractivity contribution in [1.82, 2.24) is 4.57 Å². The van der Waals surface area contributed by atoms with E-state index in [9.17, 15) is 4.79 Å². The molecule has 1 aromatic carbocycles. The quantitative estimate of drug-likeness (QED) is 0.734. The molecule has 0 bridgehead atoms. The number of ether oxygens (including phenoxy) is 1. The molecule has 120 valence electrons. The van der Waals surface area contributed by atoms with Crippen molar-refractivity contribution in [3.63, 3.8) is 0 Å². The molecule has 2 unspecified atom stereocenters. The number of benzene rings is 1. The Labute approximate surface area is 141 Å². The van der Waals surface area contributed by atoms with E-state index in [2.05, 4.69) is 24.6 Å². The fourth-order valence-corrected chi connectivity index (χ4v) is 3.89. The fourth-order valence-electron chi connectivity index (χ4n) is 3.64. The first-order chi connectivity index (χ1) is 11.0. The second-order valence-corrected chi connectivity index (χ2v) is 7.13. The molecule has 1 aliphatic heterocycles. The van der Waals surface area contributed by atoms with Crippen molar-refractivity contribution in [3.8, 4) is 17.0 Å². The summed E-state index contributed by atoms with van der Waals surface area (Å²) in [5.74, 6) is 1.48. The number of carbonyl (C=O) groups is 1. The van der Waals surface area contributed by atoms with E-state index in [1.54, 1.807) is 7.11 Å². The van der Waals surface area contributed by atoms with Crippen LogP contribution in [0.3, 0.4) is 0 Å². The molecule has 2 aromatic rings. The summed E-state index contributed by atoms with van der Waals surface area (Å²) in [6.07, 6.45) is 4.09. The van der Waals surface area contributed by atoms with Gasteiger partial charge in [0.15, 0.2) is 5.78 Å². The summed E-state index contributed by atoms with van der Waals surface area (Å²) in [5.41, 5.74) is 4.14. The maximum absolute atomic E-state index is 12.7. The molecule has 0 saturated heterocycles. The Hall–Kier alpha value is -1.74. The zero-order valence-electron chi connectivity index (χ0n) is 13.6. The zero-order chi connectivity index (χ0) is 16.3. The van der Waals surface area contributed by atoms with Gasteiger partial charge in [0.1, 0.15) is 5.75 Å². The topological polar surface area (TPSA) is 31.2 Å². The molecule has 0 radical (unpaired) electrons. The minimum absolute atomic E-state index is 0.217. The van der Waals surface area contributed by atoms with Crippen molar-refractivity contribution < 1.29 is 9.53 Å². The van der Waals surface area contributed by atoms with Crippen LogP contribution < -0.4 is 4.74 Å². The van der Waals surface area contributed by atoms with E-state index in [0.29, 0.717) is 22.7 Å². The van der Waals surface area contributed by atoms with Crippen molar-refractivity contribution in [1.29, 1.82) is 0 Å². The summed E-state index contributed by atoms with van der Waals surface area (Å²) in [7, 11) is 1.62. The number of ketones is 1. The Bertz CT molecular complexity index is 804. The van der Waals surface area contributed by atoms with Crippen molar-refractivity contribution in [2.24, 2.45) is 5.92 Å². The number of Topliss-reactive ketones (excluding diaryl/α,β-unsaturated/α-hetero) is 1. The average molecular weight is 330 g/mol. The van der Waals surface area contributed by atoms with Crippen LogP contribution in [0.4, 0.5) is 0 Å². The van der Waals surface area contributed by atoms with Gasteiger partial charge < -0.3 is 9.30 Å². The van der Waals surface area contributed by atoms with Crippen LogP contribution >= 0.6 is 11.6 Å². The lowest BCUT2D eigenvalue weighted by atomic mass is 9.84. The Morgan fingerprint density at radius 3 is 2.70 bits per heavy atom. The van der Waals surface area contributed by atoms with Crippen molar-refractivity contribution in [3.05, 3.63) is 40.5 Å². The minimum atomic E-state index is 0.217. The monoisotopic (exact) mass is 329 g/mol. The average Bonchev–Trinajstić information content (AvgIpc) is 3.30. The van der Waals surface area contributed by atoms with Gasteiger partial charge in [-0.1, -0.05) is 18.5 Å². The number of methoxy groups -OCH3 is 1. The van der Waals surface area contributed by atoms with Crippen LogP contribution in [0.5, 0.6) is 5.75 Å². The molecule has 2 heterocycles. The van der Waals surface area contributed by atoms with E-state index in [-0.39, 0.29) is 11.7 Å². The number of rotatable bonds is 3. The van der Waals surface area contributed by atoms with Gasteiger partial charge in [-0.25, -0.2) is 0 Å². The molecule has 3 nitrogen and oxygen atoms in total. The zero-order valence-corrected chi connectivity index (χ0v) is 14.4. The maximum atomic E-state index is 12.7. The highest BCUT2D eigenvalue weighted by atomic mass is 35.5. The molecule has 1 aliphatic carbocycles. The second-order valence-electron chi connectivity index (χ2n) is 6.73. The van der Waals surface area contributed by atoms with Gasteiger partial charge in [0, 0.05) is 35.2 Å². The van der Waals surface area contributed by atoms with Gasteiger partial charge in [0.2, 0.25) is 0 Å². The summed E-state index contributed by atoms with van der Waals surface area (Å²) in [6.45, 7) is 4.40. The normalized spacial score (nSPS) is 22.4. The number of hydrogen-bond donors (Lipinski definition) is 0. The summed E-state index contributed by atoms with van der Waals surface area (Å²) in [4.78, 5) is 12.7. The SMILES string of the molecule is COc1cc2c(cc1Cl)C(C)C(C)n1ccc(C(=O)C3CC3)c1-2. The predicted octanol–water partition coefficient (Wildman–Crippen LogP) is 5.09. The smallest absolute Gasteiger partial charge is 0.168 e. The molecule has 1 fully saturated rings. The van der Waals surface area contributed by atoms with E-state index in [1.807, 2.05) is 18.2 Å². The summed E-state index contributed by atoms with van der Waals surface area (Å²) >= 11 is 6.34. The number of carbonyl (C=O) groups excluding carboxylic acids is 1. The first kappa shape index (κ1) is 14.8. The second kappa shape index (κ2) is 5.13. The lowest BCUT2D eigenvalue weighted by Gasteiger charge is -2.32. The highest BCUT2D eigenvalue weighted by molar-refractivity contribution is 6.32. The third kappa shape index (κ3) is 2.13. The molecule has 1 aromatic heterocycles. The number of fused-ring (bicyclic) bond motifs is 3. The van der Waals surface area contributed by atoms with Gasteiger partial charge in [-0.05, 0) is 43.5 Å². The van der Waals surface area contributed by atoms with E-state index in [1.165, 1.54) is 5.56 Å². The van der Waals surface area contributed by atoms with E-state index < -0.39 is 0 Å². The maximum Gasteiger partial charge on any atom is 0.168 e. The van der Waals surface area contributed by atoms with Gasteiger partial charge in [-0.15, -0.1) is 0 Å². The van der Waals surface area contributed by atoms with Crippen molar-refractivity contribution in [2.45, 2.75) is 38.6 Å². The highest BCUT2D eigenvalue weighted by Gasteiger charge is 2.36. The molecule has 23 heavy (non-hydrogen) atoms. The Kier molecular flexibility index (Phi) is 3.31. The van der Waals surface area contributed by atoms with Crippen LogP contribution in [0.15, 0.2) is 24.4 Å². The van der Waals surface area contributed by atoms with Gasteiger partial charge >= 0.3 is 0 Å². The lowest BCUT2D eigenvalue weighted by molar-refractivity contribution is 0.0968. The number of nitrogens with zero attached hydrogens (tertiary/aromatic N) is 1. The Morgan fingerprint density at radius 1 is 1.30 bits per heavy atom. The molecule has 4 rings (SSSR count). The summed E-state index contributed by atoms with van der Waals surface area (Å²) < 4.78 is 7.63. The summed E-state index contributed by atoms with van der Waals surface area (Å²) in [6, 6.07) is 6.26. The molecule has 0 N–H and O–H groups in total. The molecule has 2 atom stereocenters. The first-order valence-corrected chi connectivity index (χ1v) is 8.53. The molecular formula is C19H20ClNO2. The fraction of sp³-hybridized carbons (Fsp3) is 0.421. The molecule has 0 spiro atoms. The van der Waals surface area contributed by atoms with Crippen molar-refractivity contribution in [2.75, 3.05) is 7.11 Å². The standard InChI is InChI=1S/C19H20ClNO2/c1-10-11(2)21-7-6-13(19(22)12-4-5-12)18(21)15-9-17(23-3)16(20)8-14(10)15/h6-12H,4-5H2,1-3H3. The van der Waals surface area contributed by atoms with Gasteiger partial charge in [-0.2, -0.15) is 0 Å². The molecule has 1 saturated carbocycles. The van der Waals surface area contributed by atoms with Crippen LogP contribution in [0.2, 0.25) is 5.02 Å². The first-order valence-electron chi connectivity index (χ1n) is 8.15. The highest BCUT2D eigenvalue weighted by Crippen LogP contribution is 2.48. The van der Waals surface area contributed by atoms with Gasteiger partial charge in [0.25, 0.3) is 0 Å². The molecule has 0 amide bonds. The Balaban J connectivity index is 1.96.